The van der Waals surface area contributed by atoms with Crippen LogP contribution in [0.25, 0.3) is 0 Å². The molecule has 2 aromatic carbocycles. The molecule has 1 atom stereocenters. The van der Waals surface area contributed by atoms with E-state index in [1.807, 2.05) is 0 Å². The third-order valence-corrected chi connectivity index (χ3v) is 6.31. The summed E-state index contributed by atoms with van der Waals surface area (Å²) in [7, 11) is 4.67. The normalized spacial score (nSPS) is 17.6. The first-order chi connectivity index (χ1) is 15.9. The van der Waals surface area contributed by atoms with Gasteiger partial charge in [0, 0.05) is 25.9 Å². The Hall–Kier alpha value is -3.42. The molecule has 2 aliphatic rings. The Kier molecular flexibility index (Phi) is 6.35. The lowest BCUT2D eigenvalue weighted by atomic mass is 9.82. The van der Waals surface area contributed by atoms with Crippen LogP contribution in [0.1, 0.15) is 36.5 Å². The van der Waals surface area contributed by atoms with E-state index in [9.17, 15) is 9.59 Å². The number of Topliss-reactive ketones (excluding diaryl/α,β-unsaturated/α-hetero) is 1. The van der Waals surface area contributed by atoms with E-state index < -0.39 is 11.7 Å². The molecule has 0 saturated carbocycles. The van der Waals surface area contributed by atoms with Crippen LogP contribution in [0.4, 0.5) is 0 Å². The molecule has 1 fully saturated rings. The summed E-state index contributed by atoms with van der Waals surface area (Å²) >= 11 is 0. The molecule has 176 valence electrons. The van der Waals surface area contributed by atoms with E-state index in [4.69, 9.17) is 23.7 Å². The summed E-state index contributed by atoms with van der Waals surface area (Å²) in [6.45, 7) is 2.69. The molecule has 8 heteroatoms. The highest BCUT2D eigenvalue weighted by Crippen LogP contribution is 2.47. The van der Waals surface area contributed by atoms with E-state index in [0.717, 1.165) is 5.75 Å². The van der Waals surface area contributed by atoms with Gasteiger partial charge in [0.2, 0.25) is 5.75 Å². The first kappa shape index (κ1) is 22.8. The number of likely N-dealkylation sites (tertiary alicyclic amines) is 1. The van der Waals surface area contributed by atoms with Crippen LogP contribution in [0.2, 0.25) is 0 Å². The lowest BCUT2D eigenvalue weighted by Crippen LogP contribution is -2.54. The molecule has 0 aromatic heterocycles. The van der Waals surface area contributed by atoms with Crippen molar-refractivity contribution in [3.63, 3.8) is 0 Å². The SMILES string of the molecule is COc1ccc(OC(C)C(=O)N2CCC3(CC2)CC(=O)c2ccc(OC)c(OC)c2O3)cc1. The van der Waals surface area contributed by atoms with Gasteiger partial charge in [-0.2, -0.15) is 0 Å². The molecule has 1 amide bonds. The summed E-state index contributed by atoms with van der Waals surface area (Å²) in [5.41, 5.74) is -0.168. The Labute approximate surface area is 193 Å². The quantitative estimate of drug-likeness (QED) is 0.659. The van der Waals surface area contributed by atoms with Crippen molar-refractivity contribution in [2.24, 2.45) is 0 Å². The smallest absolute Gasteiger partial charge is 0.263 e. The van der Waals surface area contributed by atoms with Gasteiger partial charge in [0.1, 0.15) is 17.1 Å². The van der Waals surface area contributed by atoms with Crippen LogP contribution in [0.15, 0.2) is 36.4 Å². The molecule has 2 aliphatic heterocycles. The van der Waals surface area contributed by atoms with Gasteiger partial charge in [-0.1, -0.05) is 0 Å². The minimum atomic E-state index is -0.666. The highest BCUT2D eigenvalue weighted by atomic mass is 16.5. The maximum atomic E-state index is 13.0. The molecule has 1 spiro atoms. The molecule has 4 rings (SSSR count). The van der Waals surface area contributed by atoms with Crippen molar-refractivity contribution in [3.8, 4) is 28.7 Å². The van der Waals surface area contributed by atoms with Crippen LogP contribution in [0, 0.1) is 0 Å². The molecule has 1 saturated heterocycles. The van der Waals surface area contributed by atoms with Gasteiger partial charge in [0.05, 0.1) is 33.3 Å². The number of rotatable bonds is 6. The second-order valence-electron chi connectivity index (χ2n) is 8.32. The van der Waals surface area contributed by atoms with Crippen molar-refractivity contribution >= 4 is 11.7 Å². The molecular formula is C25H29NO7. The Morgan fingerprint density at radius 3 is 2.24 bits per heavy atom. The third-order valence-electron chi connectivity index (χ3n) is 6.31. The lowest BCUT2D eigenvalue weighted by Gasteiger charge is -2.44. The molecule has 1 unspecified atom stereocenters. The summed E-state index contributed by atoms with van der Waals surface area (Å²) in [5.74, 6) is 2.59. The number of fused-ring (bicyclic) bond motifs is 1. The second kappa shape index (κ2) is 9.21. The van der Waals surface area contributed by atoms with Crippen molar-refractivity contribution < 1.29 is 33.3 Å². The zero-order chi connectivity index (χ0) is 23.6. The lowest BCUT2D eigenvalue weighted by molar-refractivity contribution is -0.141. The third kappa shape index (κ3) is 4.42. The van der Waals surface area contributed by atoms with Gasteiger partial charge in [0.25, 0.3) is 5.91 Å². The summed E-state index contributed by atoms with van der Waals surface area (Å²) in [4.78, 5) is 27.7. The molecule has 33 heavy (non-hydrogen) atoms. The number of nitrogens with zero attached hydrogens (tertiary/aromatic N) is 1. The Balaban J connectivity index is 1.43. The van der Waals surface area contributed by atoms with E-state index in [0.29, 0.717) is 54.5 Å². The van der Waals surface area contributed by atoms with Crippen LogP contribution in [0.5, 0.6) is 28.7 Å². The fourth-order valence-electron chi connectivity index (χ4n) is 4.44. The summed E-state index contributed by atoms with van der Waals surface area (Å²) in [6, 6.07) is 10.5. The Morgan fingerprint density at radius 2 is 1.64 bits per heavy atom. The van der Waals surface area contributed by atoms with Gasteiger partial charge in [-0.05, 0) is 43.3 Å². The molecule has 0 aliphatic carbocycles. The number of benzene rings is 2. The van der Waals surface area contributed by atoms with Crippen molar-refractivity contribution in [2.45, 2.75) is 37.9 Å². The molecule has 0 N–H and O–H groups in total. The Bertz CT molecular complexity index is 1030. The molecule has 0 radical (unpaired) electrons. The van der Waals surface area contributed by atoms with E-state index >= 15 is 0 Å². The topological polar surface area (TPSA) is 83.5 Å². The molecule has 0 bridgehead atoms. The number of ether oxygens (including phenoxy) is 5. The number of ketones is 1. The average molecular weight is 456 g/mol. The number of carbonyl (C=O) groups excluding carboxylic acids is 2. The van der Waals surface area contributed by atoms with Crippen LogP contribution >= 0.6 is 0 Å². The summed E-state index contributed by atoms with van der Waals surface area (Å²) in [5, 5.41) is 0. The van der Waals surface area contributed by atoms with E-state index in [1.165, 1.54) is 7.11 Å². The van der Waals surface area contributed by atoms with Crippen LogP contribution < -0.4 is 23.7 Å². The summed E-state index contributed by atoms with van der Waals surface area (Å²) in [6.07, 6.45) is 0.723. The minimum Gasteiger partial charge on any atom is -0.497 e. The zero-order valence-corrected chi connectivity index (χ0v) is 19.4. The van der Waals surface area contributed by atoms with Crippen LogP contribution in [0.3, 0.4) is 0 Å². The van der Waals surface area contributed by atoms with Gasteiger partial charge < -0.3 is 28.6 Å². The maximum Gasteiger partial charge on any atom is 0.263 e. The molecule has 2 aromatic rings. The molecule has 8 nitrogen and oxygen atoms in total. The first-order valence-electron chi connectivity index (χ1n) is 11.0. The highest BCUT2D eigenvalue weighted by molar-refractivity contribution is 6.01. The van der Waals surface area contributed by atoms with Gasteiger partial charge in [-0.25, -0.2) is 0 Å². The largest absolute Gasteiger partial charge is 0.497 e. The van der Waals surface area contributed by atoms with Gasteiger partial charge in [0.15, 0.2) is 23.4 Å². The van der Waals surface area contributed by atoms with Crippen LogP contribution in [-0.4, -0.2) is 62.7 Å². The number of methoxy groups -OCH3 is 3. The van der Waals surface area contributed by atoms with Crippen LogP contribution in [-0.2, 0) is 4.79 Å². The number of hydrogen-bond acceptors (Lipinski definition) is 7. The van der Waals surface area contributed by atoms with Crippen molar-refractivity contribution in [3.05, 3.63) is 42.0 Å². The zero-order valence-electron chi connectivity index (χ0n) is 19.4. The number of piperidine rings is 1. The van der Waals surface area contributed by atoms with Crippen molar-refractivity contribution in [1.29, 1.82) is 0 Å². The van der Waals surface area contributed by atoms with E-state index in [-0.39, 0.29) is 18.1 Å². The highest BCUT2D eigenvalue weighted by Gasteiger charge is 2.45. The second-order valence-corrected chi connectivity index (χ2v) is 8.32. The number of amides is 1. The Morgan fingerprint density at radius 1 is 0.970 bits per heavy atom. The monoisotopic (exact) mass is 455 g/mol. The van der Waals surface area contributed by atoms with Gasteiger partial charge >= 0.3 is 0 Å². The number of hydrogen-bond donors (Lipinski definition) is 0. The maximum absolute atomic E-state index is 13.0. The standard InChI is InChI=1S/C25H29NO7/c1-16(32-18-7-5-17(29-2)6-8-18)24(28)26-13-11-25(12-14-26)15-20(27)19-9-10-21(30-3)23(31-4)22(19)33-25/h5-10,16H,11-15H2,1-4H3. The fourth-order valence-corrected chi connectivity index (χ4v) is 4.44. The van der Waals surface area contributed by atoms with E-state index in [2.05, 4.69) is 0 Å². The van der Waals surface area contributed by atoms with Crippen molar-refractivity contribution in [1.82, 2.24) is 4.90 Å². The van der Waals surface area contributed by atoms with Gasteiger partial charge in [-0.15, -0.1) is 0 Å². The predicted octanol–water partition coefficient (Wildman–Crippen LogP) is 3.51. The van der Waals surface area contributed by atoms with Gasteiger partial charge in [-0.3, -0.25) is 9.59 Å². The van der Waals surface area contributed by atoms with E-state index in [1.54, 1.807) is 62.4 Å². The molecule has 2 heterocycles. The number of carbonyl (C=O) groups is 2. The predicted molar refractivity (Wildman–Crippen MR) is 121 cm³/mol. The minimum absolute atomic E-state index is 0.00758. The first-order valence-corrected chi connectivity index (χ1v) is 11.0. The summed E-state index contributed by atoms with van der Waals surface area (Å²) < 4.78 is 28.2. The average Bonchev–Trinajstić information content (AvgIpc) is 2.83. The fraction of sp³-hybridized carbons (Fsp3) is 0.440. The molecular weight excluding hydrogens is 426 g/mol. The van der Waals surface area contributed by atoms with Crippen molar-refractivity contribution in [2.75, 3.05) is 34.4 Å².